The van der Waals surface area contributed by atoms with Crippen molar-refractivity contribution in [2.24, 2.45) is 0 Å². The van der Waals surface area contributed by atoms with Gasteiger partial charge in [-0.05, 0) is 30.5 Å². The second kappa shape index (κ2) is 7.51. The molecule has 0 fully saturated rings. The van der Waals surface area contributed by atoms with Crippen molar-refractivity contribution >= 4 is 17.2 Å². The molecule has 0 saturated heterocycles. The topological polar surface area (TPSA) is 69.5 Å². The van der Waals surface area contributed by atoms with E-state index >= 15 is 0 Å². The largest absolute Gasteiger partial charge is 0.454 e. The molecule has 1 amide bonds. The summed E-state index contributed by atoms with van der Waals surface area (Å²) in [4.78, 5) is 23.7. The molecule has 8 heteroatoms. The molecule has 0 saturated carbocycles. The molecule has 2 aliphatic rings. The Morgan fingerprint density at radius 3 is 2.93 bits per heavy atom. The molecule has 0 unspecified atom stereocenters. The van der Waals surface area contributed by atoms with Crippen LogP contribution in [0.1, 0.15) is 40.2 Å². The van der Waals surface area contributed by atoms with Crippen LogP contribution in [0.15, 0.2) is 29.1 Å². The van der Waals surface area contributed by atoms with E-state index < -0.39 is 0 Å². The standard InChI is InChI=1S/C21H22N4O3S/c1-2-15-17-10-24(21(26)16-11-29-12-22-16)7-8-25(17)20(23-15)6-4-14-3-5-18-19(9-14)28-13-27-18/h3,5,9,11-12H,2,4,6-8,10,13H2,1H3. The summed E-state index contributed by atoms with van der Waals surface area (Å²) in [5.74, 6) is 2.72. The maximum absolute atomic E-state index is 12.7. The minimum absolute atomic E-state index is 0.00247. The average Bonchev–Trinajstić information content (AvgIpc) is 3.50. The Balaban J connectivity index is 1.33. The van der Waals surface area contributed by atoms with E-state index in [0.717, 1.165) is 54.5 Å². The first-order valence-electron chi connectivity index (χ1n) is 9.86. The number of nitrogens with zero attached hydrogens (tertiary/aromatic N) is 4. The molecule has 0 aliphatic carbocycles. The van der Waals surface area contributed by atoms with Crippen LogP contribution < -0.4 is 9.47 Å². The van der Waals surface area contributed by atoms with Crippen LogP contribution in [0.25, 0.3) is 0 Å². The van der Waals surface area contributed by atoms with Gasteiger partial charge in [0, 0.05) is 24.9 Å². The van der Waals surface area contributed by atoms with Crippen LogP contribution in [0.4, 0.5) is 0 Å². The maximum atomic E-state index is 12.7. The molecule has 4 heterocycles. The number of aromatic nitrogens is 3. The van der Waals surface area contributed by atoms with Gasteiger partial charge in [0.05, 0.1) is 23.4 Å². The molecule has 1 aromatic carbocycles. The summed E-state index contributed by atoms with van der Waals surface area (Å²) in [6.07, 6.45) is 2.60. The molecule has 5 rings (SSSR count). The Kier molecular flexibility index (Phi) is 4.71. The highest BCUT2D eigenvalue weighted by Gasteiger charge is 2.27. The molecule has 3 aromatic rings. The number of aryl methyl sites for hydroxylation is 3. The van der Waals surface area contributed by atoms with Gasteiger partial charge in [-0.2, -0.15) is 0 Å². The number of imidazole rings is 1. The van der Waals surface area contributed by atoms with E-state index in [-0.39, 0.29) is 5.91 Å². The Hall–Kier alpha value is -2.87. The summed E-state index contributed by atoms with van der Waals surface area (Å²) in [5, 5.41) is 1.81. The van der Waals surface area contributed by atoms with Gasteiger partial charge in [0.2, 0.25) is 6.79 Å². The van der Waals surface area contributed by atoms with Gasteiger partial charge < -0.3 is 18.9 Å². The number of amides is 1. The summed E-state index contributed by atoms with van der Waals surface area (Å²) in [7, 11) is 0. The molecular weight excluding hydrogens is 388 g/mol. The summed E-state index contributed by atoms with van der Waals surface area (Å²) >= 11 is 1.45. The molecule has 29 heavy (non-hydrogen) atoms. The van der Waals surface area contributed by atoms with Crippen molar-refractivity contribution in [3.63, 3.8) is 0 Å². The Bertz CT molecular complexity index is 1040. The van der Waals surface area contributed by atoms with Gasteiger partial charge in [-0.15, -0.1) is 11.3 Å². The fraction of sp³-hybridized carbons (Fsp3) is 0.381. The van der Waals surface area contributed by atoms with E-state index in [9.17, 15) is 4.79 Å². The van der Waals surface area contributed by atoms with Crippen LogP contribution in [0.2, 0.25) is 0 Å². The van der Waals surface area contributed by atoms with E-state index in [0.29, 0.717) is 25.6 Å². The van der Waals surface area contributed by atoms with Gasteiger partial charge in [0.15, 0.2) is 11.5 Å². The molecular formula is C21H22N4O3S. The third kappa shape index (κ3) is 3.37. The Labute approximate surface area is 172 Å². The molecule has 150 valence electrons. The van der Waals surface area contributed by atoms with Crippen molar-refractivity contribution in [3.05, 3.63) is 57.6 Å². The predicted octanol–water partition coefficient (Wildman–Crippen LogP) is 3.07. The molecule has 0 bridgehead atoms. The van der Waals surface area contributed by atoms with Crippen LogP contribution in [0.3, 0.4) is 0 Å². The number of fused-ring (bicyclic) bond motifs is 2. The zero-order chi connectivity index (χ0) is 19.8. The van der Waals surface area contributed by atoms with Crippen LogP contribution in [-0.2, 0) is 32.4 Å². The minimum Gasteiger partial charge on any atom is -0.454 e. The lowest BCUT2D eigenvalue weighted by Crippen LogP contribution is -2.39. The lowest BCUT2D eigenvalue weighted by Gasteiger charge is -2.29. The van der Waals surface area contributed by atoms with E-state index in [1.807, 2.05) is 16.3 Å². The van der Waals surface area contributed by atoms with Gasteiger partial charge in [-0.3, -0.25) is 4.79 Å². The van der Waals surface area contributed by atoms with Crippen LogP contribution in [0, 0.1) is 0 Å². The van der Waals surface area contributed by atoms with Crippen molar-refractivity contribution < 1.29 is 14.3 Å². The fourth-order valence-electron chi connectivity index (χ4n) is 3.99. The van der Waals surface area contributed by atoms with Crippen LogP contribution in [-0.4, -0.2) is 38.7 Å². The van der Waals surface area contributed by atoms with Crippen molar-refractivity contribution in [1.82, 2.24) is 19.4 Å². The Morgan fingerprint density at radius 1 is 1.21 bits per heavy atom. The van der Waals surface area contributed by atoms with Crippen molar-refractivity contribution in [2.75, 3.05) is 13.3 Å². The van der Waals surface area contributed by atoms with Crippen LogP contribution >= 0.6 is 11.3 Å². The highest BCUT2D eigenvalue weighted by Crippen LogP contribution is 2.33. The number of ether oxygens (including phenoxy) is 2. The maximum Gasteiger partial charge on any atom is 0.273 e. The summed E-state index contributed by atoms with van der Waals surface area (Å²) < 4.78 is 13.2. The summed E-state index contributed by atoms with van der Waals surface area (Å²) in [6.45, 7) is 4.46. The first-order valence-corrected chi connectivity index (χ1v) is 10.8. The smallest absolute Gasteiger partial charge is 0.273 e. The molecule has 7 nitrogen and oxygen atoms in total. The van der Waals surface area contributed by atoms with E-state index in [1.165, 1.54) is 16.9 Å². The second-order valence-electron chi connectivity index (χ2n) is 7.21. The molecule has 2 aliphatic heterocycles. The molecule has 0 N–H and O–H groups in total. The SMILES string of the molecule is CCc1nc(CCc2ccc3c(c2)OCO3)n2c1CN(C(=O)c1cscn1)CC2. The van der Waals surface area contributed by atoms with E-state index in [2.05, 4.69) is 28.6 Å². The van der Waals surface area contributed by atoms with Gasteiger partial charge in [-0.1, -0.05) is 13.0 Å². The van der Waals surface area contributed by atoms with E-state index in [1.54, 1.807) is 5.51 Å². The van der Waals surface area contributed by atoms with Gasteiger partial charge in [0.25, 0.3) is 5.91 Å². The molecule has 2 aromatic heterocycles. The lowest BCUT2D eigenvalue weighted by atomic mass is 10.1. The zero-order valence-electron chi connectivity index (χ0n) is 16.3. The highest BCUT2D eigenvalue weighted by atomic mass is 32.1. The fourth-order valence-corrected chi connectivity index (χ4v) is 4.52. The minimum atomic E-state index is 0.00247. The van der Waals surface area contributed by atoms with Crippen molar-refractivity contribution in [3.8, 4) is 11.5 Å². The highest BCUT2D eigenvalue weighted by molar-refractivity contribution is 7.07. The van der Waals surface area contributed by atoms with Gasteiger partial charge in [-0.25, -0.2) is 9.97 Å². The molecule has 0 radical (unpaired) electrons. The number of rotatable bonds is 5. The number of carbonyl (C=O) groups excluding carboxylic acids is 1. The third-order valence-electron chi connectivity index (χ3n) is 5.52. The van der Waals surface area contributed by atoms with Crippen molar-refractivity contribution in [1.29, 1.82) is 0 Å². The summed E-state index contributed by atoms with van der Waals surface area (Å²) in [6, 6.07) is 6.11. The number of hydrogen-bond acceptors (Lipinski definition) is 6. The first kappa shape index (κ1) is 18.2. The van der Waals surface area contributed by atoms with Crippen molar-refractivity contribution in [2.45, 2.75) is 39.3 Å². The average molecular weight is 410 g/mol. The van der Waals surface area contributed by atoms with Gasteiger partial charge >= 0.3 is 0 Å². The molecule has 0 atom stereocenters. The van der Waals surface area contributed by atoms with Gasteiger partial charge in [0.1, 0.15) is 11.5 Å². The first-order chi connectivity index (χ1) is 14.2. The molecule has 0 spiro atoms. The van der Waals surface area contributed by atoms with Crippen LogP contribution in [0.5, 0.6) is 11.5 Å². The second-order valence-corrected chi connectivity index (χ2v) is 7.93. The quantitative estimate of drug-likeness (QED) is 0.647. The number of hydrogen-bond donors (Lipinski definition) is 0. The number of benzene rings is 1. The zero-order valence-corrected chi connectivity index (χ0v) is 17.1. The number of carbonyl (C=O) groups is 1. The summed E-state index contributed by atoms with van der Waals surface area (Å²) in [5.41, 5.74) is 5.68. The number of thiazole rings is 1. The van der Waals surface area contributed by atoms with E-state index in [4.69, 9.17) is 14.5 Å². The third-order valence-corrected chi connectivity index (χ3v) is 6.10. The monoisotopic (exact) mass is 410 g/mol. The Morgan fingerprint density at radius 2 is 2.10 bits per heavy atom. The lowest BCUT2D eigenvalue weighted by molar-refractivity contribution is 0.0704. The predicted molar refractivity (Wildman–Crippen MR) is 108 cm³/mol. The normalized spacial score (nSPS) is 14.9.